The van der Waals surface area contributed by atoms with Gasteiger partial charge in [-0.3, -0.25) is 4.79 Å². The Balaban J connectivity index is 0.00000280. The highest BCUT2D eigenvalue weighted by molar-refractivity contribution is 14.0. The van der Waals surface area contributed by atoms with Crippen molar-refractivity contribution < 1.29 is 18.0 Å². The summed E-state index contributed by atoms with van der Waals surface area (Å²) in [6.07, 6.45) is 5.00. The molecule has 1 saturated heterocycles. The van der Waals surface area contributed by atoms with Gasteiger partial charge in [-0.25, -0.2) is 18.2 Å². The lowest BCUT2D eigenvalue weighted by atomic mass is 9.82. The first kappa shape index (κ1) is 22.8. The first-order valence-corrected chi connectivity index (χ1v) is 9.46. The average Bonchev–Trinajstić information content (AvgIpc) is 3.09. The van der Waals surface area contributed by atoms with Crippen LogP contribution in [0.3, 0.4) is 0 Å². The summed E-state index contributed by atoms with van der Waals surface area (Å²) in [5.74, 6) is -2.90. The Morgan fingerprint density at radius 1 is 1.14 bits per heavy atom. The van der Waals surface area contributed by atoms with E-state index in [1.807, 2.05) is 6.92 Å². The Hall–Kier alpha value is -1.52. The zero-order chi connectivity index (χ0) is 19.4. The van der Waals surface area contributed by atoms with E-state index < -0.39 is 29.0 Å². The van der Waals surface area contributed by atoms with E-state index in [-0.39, 0.29) is 30.5 Å². The first-order chi connectivity index (χ1) is 13.0. The van der Waals surface area contributed by atoms with E-state index in [0.717, 1.165) is 25.2 Å². The van der Waals surface area contributed by atoms with E-state index in [0.29, 0.717) is 24.3 Å². The molecule has 28 heavy (non-hydrogen) atoms. The lowest BCUT2D eigenvalue weighted by Crippen LogP contribution is -2.40. The summed E-state index contributed by atoms with van der Waals surface area (Å²) in [5, 5.41) is 5.44. The van der Waals surface area contributed by atoms with Crippen LogP contribution >= 0.6 is 24.0 Å². The summed E-state index contributed by atoms with van der Waals surface area (Å²) in [7, 11) is 0. The van der Waals surface area contributed by atoms with Gasteiger partial charge in [0.15, 0.2) is 23.4 Å². The zero-order valence-electron chi connectivity index (χ0n) is 15.8. The second-order valence-corrected chi connectivity index (χ2v) is 7.15. The topological polar surface area (TPSA) is 56.7 Å². The van der Waals surface area contributed by atoms with Crippen LogP contribution in [0.2, 0.25) is 0 Å². The largest absolute Gasteiger partial charge is 0.357 e. The van der Waals surface area contributed by atoms with Gasteiger partial charge in [-0.15, -0.1) is 24.0 Å². The normalized spacial score (nSPS) is 21.7. The Bertz CT molecular complexity index is 717. The number of likely N-dealkylation sites (tertiary alicyclic amines) is 1. The fourth-order valence-corrected chi connectivity index (χ4v) is 3.96. The number of hydrogen-bond donors (Lipinski definition) is 2. The molecule has 2 atom stereocenters. The Morgan fingerprint density at radius 2 is 1.79 bits per heavy atom. The summed E-state index contributed by atoms with van der Waals surface area (Å²) in [5.41, 5.74) is -0.397. The van der Waals surface area contributed by atoms with Crippen LogP contribution in [0.5, 0.6) is 0 Å². The maximum atomic E-state index is 13.7. The first-order valence-electron chi connectivity index (χ1n) is 9.46. The molecule has 1 aromatic rings. The monoisotopic (exact) mass is 510 g/mol. The van der Waals surface area contributed by atoms with E-state index in [1.165, 1.54) is 25.7 Å². The van der Waals surface area contributed by atoms with Crippen molar-refractivity contribution in [3.8, 4) is 0 Å². The number of amides is 1. The van der Waals surface area contributed by atoms with E-state index >= 15 is 0 Å². The molecule has 1 amide bonds. The average molecular weight is 510 g/mol. The minimum atomic E-state index is -1.61. The summed E-state index contributed by atoms with van der Waals surface area (Å²) in [6.45, 7) is 4.25. The third-order valence-corrected chi connectivity index (χ3v) is 5.29. The van der Waals surface area contributed by atoms with Gasteiger partial charge in [0.25, 0.3) is 0 Å². The summed E-state index contributed by atoms with van der Waals surface area (Å²) in [6, 6.07) is 1.76. The number of nitrogens with one attached hydrogen (secondary N) is 2. The number of halogens is 4. The maximum absolute atomic E-state index is 13.7. The lowest BCUT2D eigenvalue weighted by Gasteiger charge is -2.22. The van der Waals surface area contributed by atoms with Gasteiger partial charge in [-0.2, -0.15) is 0 Å². The molecule has 0 spiro atoms. The van der Waals surface area contributed by atoms with Gasteiger partial charge in [-0.05, 0) is 43.7 Å². The van der Waals surface area contributed by atoms with Gasteiger partial charge in [0.2, 0.25) is 5.91 Å². The SMILES string of the molecule is CCNC(=NCC(=O)Nc1ccc(F)c(F)c1F)N1CC2CCCCC2C1.I. The van der Waals surface area contributed by atoms with Crippen LogP contribution in [0.4, 0.5) is 18.9 Å². The third-order valence-electron chi connectivity index (χ3n) is 5.29. The van der Waals surface area contributed by atoms with Gasteiger partial charge in [-0.1, -0.05) is 12.8 Å². The second kappa shape index (κ2) is 10.3. The maximum Gasteiger partial charge on any atom is 0.246 e. The molecule has 1 aliphatic carbocycles. The minimum absolute atomic E-state index is 0. The molecule has 1 aliphatic heterocycles. The minimum Gasteiger partial charge on any atom is -0.357 e. The van der Waals surface area contributed by atoms with Crippen molar-refractivity contribution in [3.05, 3.63) is 29.6 Å². The van der Waals surface area contributed by atoms with Crippen molar-refractivity contribution in [2.75, 3.05) is 31.5 Å². The lowest BCUT2D eigenvalue weighted by molar-refractivity contribution is -0.114. The highest BCUT2D eigenvalue weighted by atomic mass is 127. The van der Waals surface area contributed by atoms with Gasteiger partial charge in [0, 0.05) is 19.6 Å². The molecule has 156 valence electrons. The van der Waals surface area contributed by atoms with Crippen LogP contribution in [-0.4, -0.2) is 42.9 Å². The smallest absolute Gasteiger partial charge is 0.246 e. The Morgan fingerprint density at radius 3 is 2.39 bits per heavy atom. The molecule has 1 saturated carbocycles. The fraction of sp³-hybridized carbons (Fsp3) is 0.579. The fourth-order valence-electron chi connectivity index (χ4n) is 3.96. The molecule has 2 unspecified atom stereocenters. The number of aliphatic imine (C=N–C) groups is 1. The molecule has 2 fully saturated rings. The molecule has 2 N–H and O–H groups in total. The molecule has 1 heterocycles. The predicted octanol–water partition coefficient (Wildman–Crippen LogP) is 3.75. The molecule has 2 aliphatic rings. The van der Waals surface area contributed by atoms with E-state index in [9.17, 15) is 18.0 Å². The van der Waals surface area contributed by atoms with Crippen molar-refractivity contribution in [1.29, 1.82) is 0 Å². The van der Waals surface area contributed by atoms with Crippen LogP contribution in [-0.2, 0) is 4.79 Å². The summed E-state index contributed by atoms with van der Waals surface area (Å²) >= 11 is 0. The highest BCUT2D eigenvalue weighted by Crippen LogP contribution is 2.35. The molecular formula is C19H26F3IN4O. The Labute approximate surface area is 180 Å². The van der Waals surface area contributed by atoms with Gasteiger partial charge < -0.3 is 15.5 Å². The number of benzene rings is 1. The number of rotatable bonds is 4. The van der Waals surface area contributed by atoms with Crippen LogP contribution < -0.4 is 10.6 Å². The molecular weight excluding hydrogens is 484 g/mol. The number of guanidine groups is 1. The van der Waals surface area contributed by atoms with Crippen LogP contribution in [0.1, 0.15) is 32.6 Å². The zero-order valence-corrected chi connectivity index (χ0v) is 18.1. The van der Waals surface area contributed by atoms with Crippen molar-refractivity contribution in [2.45, 2.75) is 32.6 Å². The number of hydrogen-bond acceptors (Lipinski definition) is 2. The van der Waals surface area contributed by atoms with E-state index in [2.05, 4.69) is 20.5 Å². The standard InChI is InChI=1S/C19H25F3N4O.HI/c1-2-23-19(26-10-12-5-3-4-6-13(12)11-26)24-9-16(27)25-15-8-7-14(20)17(21)18(15)22;/h7-8,12-13H,2-6,9-11H2,1H3,(H,23,24)(H,25,27);1H. The predicted molar refractivity (Wildman–Crippen MR) is 113 cm³/mol. The molecule has 0 radical (unpaired) electrons. The Kier molecular flexibility index (Phi) is 8.38. The van der Waals surface area contributed by atoms with Crippen molar-refractivity contribution in [2.24, 2.45) is 16.8 Å². The van der Waals surface area contributed by atoms with Crippen LogP contribution in [0.25, 0.3) is 0 Å². The van der Waals surface area contributed by atoms with Crippen molar-refractivity contribution in [1.82, 2.24) is 10.2 Å². The molecule has 5 nitrogen and oxygen atoms in total. The number of carbonyl (C=O) groups is 1. The molecule has 3 rings (SSSR count). The number of anilines is 1. The van der Waals surface area contributed by atoms with Crippen molar-refractivity contribution >= 4 is 41.5 Å². The molecule has 9 heteroatoms. The second-order valence-electron chi connectivity index (χ2n) is 7.15. The molecule has 1 aromatic carbocycles. The summed E-state index contributed by atoms with van der Waals surface area (Å²) in [4.78, 5) is 18.6. The highest BCUT2D eigenvalue weighted by Gasteiger charge is 2.35. The van der Waals surface area contributed by atoms with Gasteiger partial charge in [0.1, 0.15) is 6.54 Å². The van der Waals surface area contributed by atoms with Crippen LogP contribution in [0.15, 0.2) is 17.1 Å². The molecule has 0 bridgehead atoms. The van der Waals surface area contributed by atoms with Gasteiger partial charge in [0.05, 0.1) is 5.69 Å². The number of nitrogens with zero attached hydrogens (tertiary/aromatic N) is 2. The van der Waals surface area contributed by atoms with Crippen molar-refractivity contribution in [3.63, 3.8) is 0 Å². The van der Waals surface area contributed by atoms with Gasteiger partial charge >= 0.3 is 0 Å². The number of fused-ring (bicyclic) bond motifs is 1. The third kappa shape index (κ3) is 5.30. The summed E-state index contributed by atoms with van der Waals surface area (Å²) < 4.78 is 39.9. The number of carbonyl (C=O) groups excluding carboxylic acids is 1. The quantitative estimate of drug-likeness (QED) is 0.281. The van der Waals surface area contributed by atoms with E-state index in [1.54, 1.807) is 0 Å². The van der Waals surface area contributed by atoms with E-state index in [4.69, 9.17) is 0 Å². The molecule has 0 aromatic heterocycles. The van der Waals surface area contributed by atoms with Crippen LogP contribution in [0, 0.1) is 29.3 Å².